The first-order chi connectivity index (χ1) is 10.8. The Labute approximate surface area is 130 Å². The number of aliphatic hydroxyl groups is 4. The van der Waals surface area contributed by atoms with E-state index in [0.29, 0.717) is 4.90 Å². The van der Waals surface area contributed by atoms with Crippen LogP contribution in [-0.4, -0.2) is 74.0 Å². The summed E-state index contributed by atoms with van der Waals surface area (Å²) < 4.78 is 5.13. The van der Waals surface area contributed by atoms with Gasteiger partial charge in [0.1, 0.15) is 24.4 Å². The largest absolute Gasteiger partial charge is 0.394 e. The van der Waals surface area contributed by atoms with Crippen LogP contribution in [0.1, 0.15) is 20.7 Å². The van der Waals surface area contributed by atoms with Crippen molar-refractivity contribution in [3.63, 3.8) is 0 Å². The molecule has 0 saturated carbocycles. The van der Waals surface area contributed by atoms with Crippen LogP contribution in [0.4, 0.5) is 0 Å². The molecule has 9 nitrogen and oxygen atoms in total. The Morgan fingerprint density at radius 3 is 2.13 bits per heavy atom. The third-order valence-electron chi connectivity index (χ3n) is 4.15. The Morgan fingerprint density at radius 2 is 1.65 bits per heavy atom. The van der Waals surface area contributed by atoms with Crippen molar-refractivity contribution in [2.75, 3.05) is 6.61 Å². The van der Waals surface area contributed by atoms with Gasteiger partial charge in [0.05, 0.1) is 17.7 Å². The molecule has 23 heavy (non-hydrogen) atoms. The molecule has 0 radical (unpaired) electrons. The number of ether oxygens (including phenoxy) is 1. The number of benzene rings is 1. The molecule has 9 heteroatoms. The van der Waals surface area contributed by atoms with Gasteiger partial charge >= 0.3 is 0 Å². The van der Waals surface area contributed by atoms with Gasteiger partial charge in [-0.2, -0.15) is 0 Å². The highest BCUT2D eigenvalue weighted by Gasteiger charge is 2.60. The number of amides is 2. The second kappa shape index (κ2) is 5.34. The number of fused-ring (bicyclic) bond motifs is 1. The van der Waals surface area contributed by atoms with Crippen molar-refractivity contribution in [1.29, 1.82) is 0 Å². The molecular weight excluding hydrogens is 308 g/mol. The first kappa shape index (κ1) is 16.0. The van der Waals surface area contributed by atoms with E-state index in [4.69, 9.17) is 10.5 Å². The van der Waals surface area contributed by atoms with Crippen molar-refractivity contribution < 1.29 is 34.8 Å². The van der Waals surface area contributed by atoms with E-state index in [-0.39, 0.29) is 11.1 Å². The number of hydrogen-bond donors (Lipinski definition) is 5. The van der Waals surface area contributed by atoms with Crippen LogP contribution in [0.15, 0.2) is 24.3 Å². The summed E-state index contributed by atoms with van der Waals surface area (Å²) in [7, 11) is 0. The van der Waals surface area contributed by atoms with Crippen molar-refractivity contribution in [2.24, 2.45) is 5.73 Å². The van der Waals surface area contributed by atoms with Gasteiger partial charge in [-0.05, 0) is 12.1 Å². The molecule has 1 saturated heterocycles. The van der Waals surface area contributed by atoms with Crippen LogP contribution in [0, 0.1) is 0 Å². The predicted molar refractivity (Wildman–Crippen MR) is 73.8 cm³/mol. The molecule has 124 valence electrons. The van der Waals surface area contributed by atoms with E-state index in [1.165, 1.54) is 12.1 Å². The Morgan fingerprint density at radius 1 is 1.13 bits per heavy atom. The molecule has 0 spiro atoms. The number of carbonyl (C=O) groups is 2. The second-order valence-electron chi connectivity index (χ2n) is 5.50. The SMILES string of the molecule is N[C@@H]1[C@@H](O)[C@H](O)[C@@H](CO)OC1(O)N1C(=O)c2ccccc2C1=O. The Kier molecular flexibility index (Phi) is 3.71. The highest BCUT2D eigenvalue weighted by Crippen LogP contribution is 2.35. The maximum Gasteiger partial charge on any atom is 0.277 e. The molecule has 6 N–H and O–H groups in total. The Hall–Kier alpha value is -1.88. The lowest BCUT2D eigenvalue weighted by molar-refractivity contribution is -0.350. The van der Waals surface area contributed by atoms with Crippen LogP contribution in [0.5, 0.6) is 0 Å². The van der Waals surface area contributed by atoms with E-state index in [1.807, 2.05) is 0 Å². The van der Waals surface area contributed by atoms with Crippen LogP contribution in [0.2, 0.25) is 0 Å². The minimum absolute atomic E-state index is 0.0582. The van der Waals surface area contributed by atoms with Crippen molar-refractivity contribution in [2.45, 2.75) is 30.3 Å². The zero-order valence-corrected chi connectivity index (χ0v) is 11.9. The number of hydrogen-bond acceptors (Lipinski definition) is 8. The van der Waals surface area contributed by atoms with Gasteiger partial charge in [-0.15, -0.1) is 0 Å². The molecule has 2 aliphatic heterocycles. The van der Waals surface area contributed by atoms with Gasteiger partial charge in [-0.3, -0.25) is 9.59 Å². The third-order valence-corrected chi connectivity index (χ3v) is 4.15. The number of rotatable bonds is 2. The molecular formula is C14H16N2O7. The lowest BCUT2D eigenvalue weighted by Gasteiger charge is -2.48. The van der Waals surface area contributed by atoms with E-state index >= 15 is 0 Å². The molecule has 5 atom stereocenters. The van der Waals surface area contributed by atoms with Crippen LogP contribution in [0.25, 0.3) is 0 Å². The number of aliphatic hydroxyl groups excluding tert-OH is 3. The van der Waals surface area contributed by atoms with Gasteiger partial charge < -0.3 is 30.9 Å². The van der Waals surface area contributed by atoms with Crippen LogP contribution in [0.3, 0.4) is 0 Å². The summed E-state index contributed by atoms with van der Waals surface area (Å²) in [5.41, 5.74) is 5.81. The van der Waals surface area contributed by atoms with Crippen molar-refractivity contribution in [1.82, 2.24) is 4.90 Å². The summed E-state index contributed by atoms with van der Waals surface area (Å²) in [6.07, 6.45) is -4.71. The second-order valence-corrected chi connectivity index (χ2v) is 5.50. The van der Waals surface area contributed by atoms with Crippen molar-refractivity contribution >= 4 is 11.8 Å². The molecule has 0 bridgehead atoms. The first-order valence-electron chi connectivity index (χ1n) is 6.93. The number of nitrogens with zero attached hydrogens (tertiary/aromatic N) is 1. The summed E-state index contributed by atoms with van der Waals surface area (Å²) >= 11 is 0. The lowest BCUT2D eigenvalue weighted by atomic mass is 9.94. The number of carbonyl (C=O) groups excluding carboxylic acids is 2. The van der Waals surface area contributed by atoms with Crippen molar-refractivity contribution in [3.8, 4) is 0 Å². The molecule has 2 aliphatic rings. The summed E-state index contributed by atoms with van der Waals surface area (Å²) in [5.74, 6) is -4.38. The monoisotopic (exact) mass is 324 g/mol. The summed E-state index contributed by atoms with van der Waals surface area (Å²) in [6, 6.07) is 4.23. The van der Waals surface area contributed by atoms with Crippen molar-refractivity contribution in [3.05, 3.63) is 35.4 Å². The highest BCUT2D eigenvalue weighted by molar-refractivity contribution is 6.21. The van der Waals surface area contributed by atoms with Gasteiger partial charge in [0.15, 0.2) is 0 Å². The van der Waals surface area contributed by atoms with E-state index in [0.717, 1.165) is 0 Å². The zero-order chi connectivity index (χ0) is 16.9. The van der Waals surface area contributed by atoms with Gasteiger partial charge in [-0.25, -0.2) is 4.90 Å². The smallest absolute Gasteiger partial charge is 0.277 e. The van der Waals surface area contributed by atoms with Gasteiger partial charge in [0, 0.05) is 0 Å². The molecule has 0 aliphatic carbocycles. The average molecular weight is 324 g/mol. The summed E-state index contributed by atoms with van der Waals surface area (Å²) in [4.78, 5) is 25.3. The van der Waals surface area contributed by atoms with E-state index in [9.17, 15) is 30.0 Å². The fourth-order valence-corrected chi connectivity index (χ4v) is 2.85. The van der Waals surface area contributed by atoms with Crippen LogP contribution >= 0.6 is 0 Å². The predicted octanol–water partition coefficient (Wildman–Crippen LogP) is -2.63. The third kappa shape index (κ3) is 2.10. The molecule has 0 aromatic heterocycles. The van der Waals surface area contributed by atoms with Gasteiger partial charge in [0.2, 0.25) is 0 Å². The number of imide groups is 1. The molecule has 2 amide bonds. The minimum atomic E-state index is -2.70. The normalized spacial score (nSPS) is 37.2. The van der Waals surface area contributed by atoms with Crippen LogP contribution < -0.4 is 5.73 Å². The summed E-state index contributed by atoms with van der Waals surface area (Å²) in [5, 5.41) is 39.6. The molecule has 3 rings (SSSR count). The maximum atomic E-state index is 12.4. The zero-order valence-electron chi connectivity index (χ0n) is 11.9. The fraction of sp³-hybridized carbons (Fsp3) is 0.429. The standard InChI is InChI=1S/C14H16N2O7/c15-11-10(19)9(18)8(5-17)23-14(11,22)16-12(20)6-3-1-2-4-7(6)13(16)21/h1-4,8-11,17-19,22H,5,15H2/t8-,9-,10+,11-,14?/m1/s1. The highest BCUT2D eigenvalue weighted by atomic mass is 16.7. The first-order valence-corrected chi connectivity index (χ1v) is 6.93. The Balaban J connectivity index is 2.03. The maximum absolute atomic E-state index is 12.4. The summed E-state index contributed by atoms with van der Waals surface area (Å²) in [6.45, 7) is -0.754. The average Bonchev–Trinajstić information content (AvgIpc) is 2.81. The molecule has 1 unspecified atom stereocenters. The topological polar surface area (TPSA) is 154 Å². The fourth-order valence-electron chi connectivity index (χ4n) is 2.85. The van der Waals surface area contributed by atoms with E-state index in [2.05, 4.69) is 0 Å². The minimum Gasteiger partial charge on any atom is -0.394 e. The Bertz CT molecular complexity index is 629. The van der Waals surface area contributed by atoms with E-state index < -0.39 is 48.7 Å². The molecule has 1 fully saturated rings. The molecule has 1 aromatic carbocycles. The quantitative estimate of drug-likeness (QED) is 0.370. The lowest BCUT2D eigenvalue weighted by Crippen LogP contribution is -2.74. The number of nitrogens with two attached hydrogens (primary N) is 1. The van der Waals surface area contributed by atoms with Crippen LogP contribution in [-0.2, 0) is 4.74 Å². The van der Waals surface area contributed by atoms with E-state index in [1.54, 1.807) is 12.1 Å². The van der Waals surface area contributed by atoms with Gasteiger partial charge in [0.25, 0.3) is 17.7 Å². The molecule has 2 heterocycles. The van der Waals surface area contributed by atoms with Gasteiger partial charge in [-0.1, -0.05) is 12.1 Å². The molecule has 1 aromatic rings.